The Hall–Kier alpha value is -0.660. The van der Waals surface area contributed by atoms with Gasteiger partial charge >= 0.3 is 0 Å². The molecule has 0 atom stereocenters. The zero-order chi connectivity index (χ0) is 11.6. The molecule has 2 heteroatoms. The number of hydrogen-bond donors (Lipinski definition) is 0. The van der Waals surface area contributed by atoms with Gasteiger partial charge < -0.3 is 0 Å². The lowest BCUT2D eigenvalue weighted by molar-refractivity contribution is -0.120. The van der Waals surface area contributed by atoms with Gasteiger partial charge in [-0.25, -0.2) is 0 Å². The Balaban J connectivity index is 0.000000165. The zero-order valence-corrected chi connectivity index (χ0v) is 10.3. The minimum absolute atomic E-state index is 0.464. The van der Waals surface area contributed by atoms with Crippen molar-refractivity contribution in [3.05, 3.63) is 0 Å². The van der Waals surface area contributed by atoms with Crippen LogP contribution in [0.1, 0.15) is 77.0 Å². The normalized spacial score (nSPS) is 22.8. The lowest BCUT2D eigenvalue weighted by Gasteiger charge is -2.05. The van der Waals surface area contributed by atoms with E-state index in [2.05, 4.69) is 0 Å². The molecule has 0 aromatic carbocycles. The van der Waals surface area contributed by atoms with Gasteiger partial charge in [0.1, 0.15) is 11.6 Å². The van der Waals surface area contributed by atoms with Crippen molar-refractivity contribution in [1.82, 2.24) is 0 Å². The summed E-state index contributed by atoms with van der Waals surface area (Å²) >= 11 is 0. The Morgan fingerprint density at radius 1 is 0.438 bits per heavy atom. The van der Waals surface area contributed by atoms with Crippen molar-refractivity contribution in [1.29, 1.82) is 0 Å². The number of hydrogen-bond acceptors (Lipinski definition) is 2. The van der Waals surface area contributed by atoms with E-state index in [4.69, 9.17) is 0 Å². The van der Waals surface area contributed by atoms with Crippen molar-refractivity contribution in [3.63, 3.8) is 0 Å². The highest BCUT2D eigenvalue weighted by Crippen LogP contribution is 2.13. The summed E-state index contributed by atoms with van der Waals surface area (Å²) in [5.74, 6) is 0.945. The quantitative estimate of drug-likeness (QED) is 0.627. The lowest BCUT2D eigenvalue weighted by atomic mass is 10.00. The van der Waals surface area contributed by atoms with Crippen molar-refractivity contribution in [2.24, 2.45) is 0 Å². The minimum Gasteiger partial charge on any atom is -0.300 e. The molecule has 0 spiro atoms. The number of rotatable bonds is 0. The van der Waals surface area contributed by atoms with E-state index in [0.29, 0.717) is 11.6 Å². The van der Waals surface area contributed by atoms with Gasteiger partial charge in [-0.1, -0.05) is 25.7 Å². The summed E-state index contributed by atoms with van der Waals surface area (Å²) in [7, 11) is 0. The maximum atomic E-state index is 10.8. The molecule has 92 valence electrons. The van der Waals surface area contributed by atoms with Gasteiger partial charge in [-0.05, 0) is 25.7 Å². The van der Waals surface area contributed by atoms with Crippen molar-refractivity contribution >= 4 is 11.6 Å². The molecule has 2 aliphatic rings. The Kier molecular flexibility index (Phi) is 7.11. The molecule has 0 heterocycles. The third-order valence-electron chi connectivity index (χ3n) is 3.32. The van der Waals surface area contributed by atoms with Crippen molar-refractivity contribution in [3.8, 4) is 0 Å². The first kappa shape index (κ1) is 13.4. The Labute approximate surface area is 98.8 Å². The van der Waals surface area contributed by atoms with Crippen LogP contribution in [0.4, 0.5) is 0 Å². The van der Waals surface area contributed by atoms with Crippen LogP contribution < -0.4 is 0 Å². The van der Waals surface area contributed by atoms with Gasteiger partial charge in [-0.3, -0.25) is 9.59 Å². The average molecular weight is 224 g/mol. The molecule has 0 bridgehead atoms. The predicted octanol–water partition coefficient (Wildman–Crippen LogP) is 3.82. The third kappa shape index (κ3) is 6.76. The molecule has 0 radical (unpaired) electrons. The summed E-state index contributed by atoms with van der Waals surface area (Å²) in [5.41, 5.74) is 0. The number of carbonyl (C=O) groups is 2. The van der Waals surface area contributed by atoms with Gasteiger partial charge in [0, 0.05) is 25.7 Å². The number of ketones is 2. The van der Waals surface area contributed by atoms with Crippen molar-refractivity contribution in [2.45, 2.75) is 77.0 Å². The number of carbonyl (C=O) groups excluding carboxylic acids is 2. The molecule has 0 aromatic rings. The second-order valence-corrected chi connectivity index (χ2v) is 4.91. The fraction of sp³-hybridized carbons (Fsp3) is 0.857. The molecule has 0 unspecified atom stereocenters. The second-order valence-electron chi connectivity index (χ2n) is 4.91. The molecule has 0 aromatic heterocycles. The van der Waals surface area contributed by atoms with Crippen LogP contribution in [0.2, 0.25) is 0 Å². The SMILES string of the molecule is O=C1CCCCC1.O=C1CCCCCCC1. The summed E-state index contributed by atoms with van der Waals surface area (Å²) < 4.78 is 0. The summed E-state index contributed by atoms with van der Waals surface area (Å²) in [5, 5.41) is 0. The molecule has 2 fully saturated rings. The second kappa shape index (κ2) is 8.49. The molecular weight excluding hydrogens is 200 g/mol. The van der Waals surface area contributed by atoms with Gasteiger partial charge in [-0.2, -0.15) is 0 Å². The zero-order valence-electron chi connectivity index (χ0n) is 10.3. The molecule has 2 saturated carbocycles. The number of Topliss-reactive ketones (excluding diaryl/α,β-unsaturated/α-hetero) is 2. The smallest absolute Gasteiger partial charge is 0.132 e. The van der Waals surface area contributed by atoms with Crippen LogP contribution in [-0.2, 0) is 9.59 Å². The summed E-state index contributed by atoms with van der Waals surface area (Å²) in [6, 6.07) is 0. The predicted molar refractivity (Wildman–Crippen MR) is 65.4 cm³/mol. The van der Waals surface area contributed by atoms with E-state index >= 15 is 0 Å². The van der Waals surface area contributed by atoms with E-state index in [9.17, 15) is 9.59 Å². The summed E-state index contributed by atoms with van der Waals surface area (Å²) in [4.78, 5) is 21.3. The highest BCUT2D eigenvalue weighted by molar-refractivity contribution is 5.79. The molecule has 16 heavy (non-hydrogen) atoms. The van der Waals surface area contributed by atoms with E-state index in [1.54, 1.807) is 0 Å². The van der Waals surface area contributed by atoms with Crippen LogP contribution in [0.5, 0.6) is 0 Å². The first-order valence-corrected chi connectivity index (χ1v) is 6.82. The van der Waals surface area contributed by atoms with E-state index < -0.39 is 0 Å². The van der Waals surface area contributed by atoms with Gasteiger partial charge in [0.25, 0.3) is 0 Å². The maximum absolute atomic E-state index is 10.8. The van der Waals surface area contributed by atoms with Crippen LogP contribution in [0.3, 0.4) is 0 Å². The van der Waals surface area contributed by atoms with Crippen molar-refractivity contribution in [2.75, 3.05) is 0 Å². The Morgan fingerprint density at radius 3 is 1.06 bits per heavy atom. The molecule has 2 aliphatic carbocycles. The van der Waals surface area contributed by atoms with E-state index in [-0.39, 0.29) is 0 Å². The summed E-state index contributed by atoms with van der Waals surface area (Å²) in [6.45, 7) is 0. The van der Waals surface area contributed by atoms with Gasteiger partial charge in [0.2, 0.25) is 0 Å². The van der Waals surface area contributed by atoms with E-state index in [0.717, 1.165) is 51.4 Å². The first-order valence-electron chi connectivity index (χ1n) is 6.82. The maximum Gasteiger partial charge on any atom is 0.132 e. The van der Waals surface area contributed by atoms with Crippen LogP contribution in [0.15, 0.2) is 0 Å². The first-order chi connectivity index (χ1) is 7.79. The van der Waals surface area contributed by atoms with Gasteiger partial charge in [-0.15, -0.1) is 0 Å². The molecule has 2 rings (SSSR count). The average Bonchev–Trinajstić information content (AvgIpc) is 2.26. The fourth-order valence-corrected chi connectivity index (χ4v) is 2.25. The third-order valence-corrected chi connectivity index (χ3v) is 3.32. The Bertz CT molecular complexity index is 203. The highest BCUT2D eigenvalue weighted by Gasteiger charge is 2.06. The highest BCUT2D eigenvalue weighted by atomic mass is 16.1. The molecule has 0 saturated heterocycles. The van der Waals surface area contributed by atoms with E-state index in [1.165, 1.54) is 25.7 Å². The summed E-state index contributed by atoms with van der Waals surface area (Å²) in [6.07, 6.45) is 13.1. The van der Waals surface area contributed by atoms with Gasteiger partial charge in [0.15, 0.2) is 0 Å². The molecule has 0 amide bonds. The Morgan fingerprint density at radius 2 is 0.688 bits per heavy atom. The van der Waals surface area contributed by atoms with Crippen LogP contribution in [0, 0.1) is 0 Å². The molecule has 0 aliphatic heterocycles. The van der Waals surface area contributed by atoms with Gasteiger partial charge in [0.05, 0.1) is 0 Å². The molecule has 2 nitrogen and oxygen atoms in total. The lowest BCUT2D eigenvalue weighted by Crippen LogP contribution is -2.02. The monoisotopic (exact) mass is 224 g/mol. The molecular formula is C14H24O2. The minimum atomic E-state index is 0.464. The van der Waals surface area contributed by atoms with Crippen LogP contribution in [0.25, 0.3) is 0 Å². The van der Waals surface area contributed by atoms with E-state index in [1.807, 2.05) is 0 Å². The largest absolute Gasteiger partial charge is 0.300 e. The van der Waals surface area contributed by atoms with Crippen LogP contribution in [-0.4, -0.2) is 11.6 Å². The fourth-order valence-electron chi connectivity index (χ4n) is 2.25. The standard InChI is InChI=1S/C8H14O.C6H10O/c9-8-6-4-2-1-3-5-7-8;7-6-4-2-1-3-5-6/h1-7H2;1-5H2. The van der Waals surface area contributed by atoms with Crippen molar-refractivity contribution < 1.29 is 9.59 Å². The molecule has 0 N–H and O–H groups in total. The van der Waals surface area contributed by atoms with Crippen LogP contribution >= 0.6 is 0 Å². The topological polar surface area (TPSA) is 34.1 Å².